The highest BCUT2D eigenvalue weighted by Gasteiger charge is 2.31. The van der Waals surface area contributed by atoms with Crippen molar-refractivity contribution in [3.63, 3.8) is 0 Å². The average molecular weight is 387 g/mol. The zero-order chi connectivity index (χ0) is 19.8. The number of nitrogens with one attached hydrogen (secondary N) is 1. The van der Waals surface area contributed by atoms with Crippen LogP contribution >= 0.6 is 0 Å². The van der Waals surface area contributed by atoms with Gasteiger partial charge in [-0.15, -0.1) is 13.2 Å². The van der Waals surface area contributed by atoms with E-state index in [9.17, 15) is 13.2 Å². The van der Waals surface area contributed by atoms with Gasteiger partial charge < -0.3 is 14.8 Å². The van der Waals surface area contributed by atoms with Crippen LogP contribution in [-0.2, 0) is 19.7 Å². The molecule has 0 atom stereocenters. The number of alkyl halides is 3. The van der Waals surface area contributed by atoms with Crippen LogP contribution in [0.1, 0.15) is 16.7 Å². The Hall–Kier alpha value is -2.99. The second-order valence-corrected chi connectivity index (χ2v) is 6.22. The topological polar surface area (TPSA) is 30.5 Å². The summed E-state index contributed by atoms with van der Waals surface area (Å²) in [6.45, 7) is 1.47. The predicted molar refractivity (Wildman–Crippen MR) is 101 cm³/mol. The van der Waals surface area contributed by atoms with E-state index in [0.29, 0.717) is 25.3 Å². The van der Waals surface area contributed by atoms with Crippen molar-refractivity contribution in [1.29, 1.82) is 0 Å². The monoisotopic (exact) mass is 387 g/mol. The van der Waals surface area contributed by atoms with Crippen LogP contribution in [0.15, 0.2) is 78.9 Å². The molecule has 0 radical (unpaired) electrons. The summed E-state index contributed by atoms with van der Waals surface area (Å²) >= 11 is 0. The lowest BCUT2D eigenvalue weighted by molar-refractivity contribution is -0.274. The molecule has 28 heavy (non-hydrogen) atoms. The van der Waals surface area contributed by atoms with Gasteiger partial charge in [-0.3, -0.25) is 0 Å². The van der Waals surface area contributed by atoms with Crippen LogP contribution in [0.5, 0.6) is 11.5 Å². The Morgan fingerprint density at radius 1 is 0.679 bits per heavy atom. The van der Waals surface area contributed by atoms with Gasteiger partial charge in [0.2, 0.25) is 0 Å². The first kappa shape index (κ1) is 19.8. The summed E-state index contributed by atoms with van der Waals surface area (Å²) in [5.41, 5.74) is 2.82. The van der Waals surface area contributed by atoms with E-state index in [-0.39, 0.29) is 5.75 Å². The quantitative estimate of drug-likeness (QED) is 0.557. The van der Waals surface area contributed by atoms with Crippen LogP contribution in [0.4, 0.5) is 13.2 Å². The van der Waals surface area contributed by atoms with Crippen LogP contribution in [0.25, 0.3) is 0 Å². The molecule has 0 saturated heterocycles. The Bertz CT molecular complexity index is 882. The van der Waals surface area contributed by atoms with E-state index in [0.717, 1.165) is 16.9 Å². The summed E-state index contributed by atoms with van der Waals surface area (Å²) in [5, 5.41) is 3.22. The van der Waals surface area contributed by atoms with Crippen molar-refractivity contribution in [1.82, 2.24) is 5.32 Å². The summed E-state index contributed by atoms with van der Waals surface area (Å²) in [6.07, 6.45) is -4.69. The second kappa shape index (κ2) is 9.28. The second-order valence-electron chi connectivity index (χ2n) is 6.22. The predicted octanol–water partition coefficient (Wildman–Crippen LogP) is 5.45. The van der Waals surface area contributed by atoms with Gasteiger partial charge in [-0.05, 0) is 41.0 Å². The Balaban J connectivity index is 1.50. The van der Waals surface area contributed by atoms with E-state index in [2.05, 4.69) is 10.1 Å². The largest absolute Gasteiger partial charge is 0.573 e. The Morgan fingerprint density at radius 3 is 1.89 bits per heavy atom. The van der Waals surface area contributed by atoms with Gasteiger partial charge in [0.25, 0.3) is 0 Å². The number of ether oxygens (including phenoxy) is 2. The van der Waals surface area contributed by atoms with Crippen molar-refractivity contribution in [3.05, 3.63) is 95.6 Å². The smallest absolute Gasteiger partial charge is 0.489 e. The molecule has 6 heteroatoms. The van der Waals surface area contributed by atoms with E-state index < -0.39 is 6.36 Å². The van der Waals surface area contributed by atoms with E-state index in [1.165, 1.54) is 18.2 Å². The third-order valence-corrected chi connectivity index (χ3v) is 3.94. The molecule has 0 amide bonds. The van der Waals surface area contributed by atoms with Crippen molar-refractivity contribution in [2.45, 2.75) is 26.1 Å². The van der Waals surface area contributed by atoms with Gasteiger partial charge in [-0.2, -0.15) is 0 Å². The summed E-state index contributed by atoms with van der Waals surface area (Å²) in [6, 6.07) is 23.5. The van der Waals surface area contributed by atoms with Crippen LogP contribution in [0.2, 0.25) is 0 Å². The molecule has 0 unspecified atom stereocenters. The summed E-state index contributed by atoms with van der Waals surface area (Å²) in [4.78, 5) is 0. The molecule has 1 N–H and O–H groups in total. The van der Waals surface area contributed by atoms with Crippen molar-refractivity contribution >= 4 is 0 Å². The van der Waals surface area contributed by atoms with Crippen molar-refractivity contribution in [2.24, 2.45) is 0 Å². The Morgan fingerprint density at radius 2 is 1.25 bits per heavy atom. The third kappa shape index (κ3) is 6.63. The van der Waals surface area contributed by atoms with Gasteiger partial charge in [0.05, 0.1) is 0 Å². The minimum atomic E-state index is -4.69. The molecule has 3 aromatic rings. The molecule has 3 rings (SSSR count). The average Bonchev–Trinajstić information content (AvgIpc) is 2.67. The first-order chi connectivity index (χ1) is 13.5. The zero-order valence-corrected chi connectivity index (χ0v) is 15.1. The first-order valence-electron chi connectivity index (χ1n) is 8.79. The van der Waals surface area contributed by atoms with E-state index in [1.54, 1.807) is 6.07 Å². The fraction of sp³-hybridized carbons (Fsp3) is 0.182. The van der Waals surface area contributed by atoms with E-state index in [1.807, 2.05) is 54.6 Å². The van der Waals surface area contributed by atoms with Gasteiger partial charge in [0, 0.05) is 13.1 Å². The third-order valence-electron chi connectivity index (χ3n) is 3.94. The maximum Gasteiger partial charge on any atom is 0.573 e. The standard InChI is InChI=1S/C22H20F3NO2/c23-22(24,25)28-21-11-5-9-19(13-21)15-26-14-18-8-4-10-20(12-18)27-16-17-6-2-1-3-7-17/h1-13,26H,14-16H2. The summed E-state index contributed by atoms with van der Waals surface area (Å²) in [7, 11) is 0. The maximum absolute atomic E-state index is 12.3. The summed E-state index contributed by atoms with van der Waals surface area (Å²) in [5.74, 6) is 0.548. The van der Waals surface area contributed by atoms with Crippen molar-refractivity contribution in [3.8, 4) is 11.5 Å². The lowest BCUT2D eigenvalue weighted by Gasteiger charge is -2.11. The minimum Gasteiger partial charge on any atom is -0.489 e. The molecule has 0 aliphatic carbocycles. The fourth-order valence-corrected chi connectivity index (χ4v) is 2.69. The highest BCUT2D eigenvalue weighted by Crippen LogP contribution is 2.23. The minimum absolute atomic E-state index is 0.219. The number of hydrogen-bond acceptors (Lipinski definition) is 3. The molecular formula is C22H20F3NO2. The van der Waals surface area contributed by atoms with Crippen LogP contribution in [-0.4, -0.2) is 6.36 Å². The molecule has 0 aliphatic rings. The van der Waals surface area contributed by atoms with Crippen LogP contribution in [0.3, 0.4) is 0 Å². The van der Waals surface area contributed by atoms with Gasteiger partial charge in [-0.25, -0.2) is 0 Å². The van der Waals surface area contributed by atoms with E-state index in [4.69, 9.17) is 4.74 Å². The highest BCUT2D eigenvalue weighted by atomic mass is 19.4. The molecule has 0 heterocycles. The Labute approximate surface area is 161 Å². The van der Waals surface area contributed by atoms with E-state index >= 15 is 0 Å². The number of hydrogen-bond donors (Lipinski definition) is 1. The molecule has 0 bridgehead atoms. The van der Waals surface area contributed by atoms with Gasteiger partial charge >= 0.3 is 6.36 Å². The molecule has 0 aliphatic heterocycles. The Kier molecular flexibility index (Phi) is 6.55. The van der Waals surface area contributed by atoms with Crippen molar-refractivity contribution < 1.29 is 22.6 Å². The first-order valence-corrected chi connectivity index (χ1v) is 8.79. The van der Waals surface area contributed by atoms with Gasteiger partial charge in [-0.1, -0.05) is 54.6 Å². The molecule has 3 aromatic carbocycles. The normalized spacial score (nSPS) is 11.2. The molecule has 0 aromatic heterocycles. The number of halogens is 3. The number of rotatable bonds is 8. The molecular weight excluding hydrogens is 367 g/mol. The molecule has 3 nitrogen and oxygen atoms in total. The SMILES string of the molecule is FC(F)(F)Oc1cccc(CNCc2cccc(OCc3ccccc3)c2)c1. The van der Waals surface area contributed by atoms with Crippen LogP contribution in [0, 0.1) is 0 Å². The molecule has 0 fully saturated rings. The number of benzene rings is 3. The van der Waals surface area contributed by atoms with Crippen LogP contribution < -0.4 is 14.8 Å². The molecule has 0 saturated carbocycles. The lowest BCUT2D eigenvalue weighted by Crippen LogP contribution is -2.17. The lowest BCUT2D eigenvalue weighted by atomic mass is 10.2. The van der Waals surface area contributed by atoms with Gasteiger partial charge in [0.15, 0.2) is 0 Å². The summed E-state index contributed by atoms with van der Waals surface area (Å²) < 4.78 is 46.7. The molecule has 146 valence electrons. The molecule has 0 spiro atoms. The van der Waals surface area contributed by atoms with Crippen molar-refractivity contribution in [2.75, 3.05) is 0 Å². The van der Waals surface area contributed by atoms with Gasteiger partial charge in [0.1, 0.15) is 18.1 Å². The highest BCUT2D eigenvalue weighted by molar-refractivity contribution is 5.30. The maximum atomic E-state index is 12.3. The fourth-order valence-electron chi connectivity index (χ4n) is 2.69. The zero-order valence-electron chi connectivity index (χ0n) is 15.1.